The van der Waals surface area contributed by atoms with Crippen LogP contribution in [0.1, 0.15) is 22.3 Å². The smallest absolute Gasteiger partial charge is 0.173 e. The highest BCUT2D eigenvalue weighted by Crippen LogP contribution is 2.11. The summed E-state index contributed by atoms with van der Waals surface area (Å²) in [4.78, 5) is 0. The van der Waals surface area contributed by atoms with Crippen molar-refractivity contribution in [3.63, 3.8) is 0 Å². The largest absolute Gasteiger partial charge is 1.00 e. The van der Waals surface area contributed by atoms with E-state index in [1.807, 2.05) is 6.07 Å². The summed E-state index contributed by atoms with van der Waals surface area (Å²) in [6.45, 7) is 3.07. The lowest BCUT2D eigenvalue weighted by Crippen LogP contribution is -3.00. The fourth-order valence-electron chi connectivity index (χ4n) is 2.50. The standard InChI is InChI=1S/C21H20N.ClH/c1-18-16-22(17-20-10-6-3-7-11-20)15-14-21(18)13-12-19-8-4-2-5-9-19;/h2-16H,17H2,1H3;1H/q+1;/p-1/b13-12+;. The summed E-state index contributed by atoms with van der Waals surface area (Å²) in [5.74, 6) is 0. The molecule has 0 aliphatic heterocycles. The molecule has 0 unspecified atom stereocenters. The van der Waals surface area contributed by atoms with Crippen molar-refractivity contribution in [1.29, 1.82) is 0 Å². The number of rotatable bonds is 4. The van der Waals surface area contributed by atoms with Crippen LogP contribution in [0, 0.1) is 6.92 Å². The van der Waals surface area contributed by atoms with Gasteiger partial charge in [0, 0.05) is 17.2 Å². The molecular weight excluding hydrogens is 302 g/mol. The van der Waals surface area contributed by atoms with Crippen molar-refractivity contribution in [2.45, 2.75) is 13.5 Å². The number of halogens is 1. The van der Waals surface area contributed by atoms with Crippen molar-refractivity contribution in [3.8, 4) is 0 Å². The van der Waals surface area contributed by atoms with Gasteiger partial charge in [0.15, 0.2) is 18.9 Å². The predicted molar refractivity (Wildman–Crippen MR) is 92.3 cm³/mol. The van der Waals surface area contributed by atoms with Gasteiger partial charge in [-0.2, -0.15) is 0 Å². The molecule has 0 fully saturated rings. The van der Waals surface area contributed by atoms with E-state index in [-0.39, 0.29) is 12.4 Å². The molecule has 0 aliphatic rings. The van der Waals surface area contributed by atoms with Crippen LogP contribution in [0.25, 0.3) is 12.2 Å². The van der Waals surface area contributed by atoms with Crippen molar-refractivity contribution in [2.75, 3.05) is 0 Å². The number of nitrogens with zero attached hydrogens (tertiary/aromatic N) is 1. The zero-order valence-electron chi connectivity index (χ0n) is 13.2. The van der Waals surface area contributed by atoms with Crippen molar-refractivity contribution < 1.29 is 17.0 Å². The summed E-state index contributed by atoms with van der Waals surface area (Å²) in [5.41, 5.74) is 5.08. The van der Waals surface area contributed by atoms with Crippen LogP contribution in [0.4, 0.5) is 0 Å². The highest BCUT2D eigenvalue weighted by molar-refractivity contribution is 5.70. The van der Waals surface area contributed by atoms with Gasteiger partial charge in [-0.3, -0.25) is 0 Å². The van der Waals surface area contributed by atoms with Crippen molar-refractivity contribution in [1.82, 2.24) is 0 Å². The molecule has 23 heavy (non-hydrogen) atoms. The van der Waals surface area contributed by atoms with Crippen LogP contribution in [-0.2, 0) is 6.54 Å². The summed E-state index contributed by atoms with van der Waals surface area (Å²) >= 11 is 0. The van der Waals surface area contributed by atoms with E-state index >= 15 is 0 Å². The van der Waals surface area contributed by atoms with E-state index in [9.17, 15) is 0 Å². The average molecular weight is 322 g/mol. The molecule has 3 aromatic rings. The molecule has 116 valence electrons. The van der Waals surface area contributed by atoms with E-state index in [1.165, 1.54) is 22.3 Å². The highest BCUT2D eigenvalue weighted by Gasteiger charge is 2.05. The molecule has 0 saturated heterocycles. The van der Waals surface area contributed by atoms with Crippen LogP contribution in [0.2, 0.25) is 0 Å². The van der Waals surface area contributed by atoms with E-state index < -0.39 is 0 Å². The van der Waals surface area contributed by atoms with E-state index in [0.717, 1.165) is 6.54 Å². The lowest BCUT2D eigenvalue weighted by atomic mass is 10.1. The molecule has 1 aromatic heterocycles. The van der Waals surface area contributed by atoms with E-state index in [0.29, 0.717) is 0 Å². The van der Waals surface area contributed by atoms with E-state index in [1.54, 1.807) is 0 Å². The molecule has 2 aromatic carbocycles. The Morgan fingerprint density at radius 1 is 0.826 bits per heavy atom. The monoisotopic (exact) mass is 321 g/mol. The number of benzene rings is 2. The summed E-state index contributed by atoms with van der Waals surface area (Å²) in [6, 6.07) is 23.1. The average Bonchev–Trinajstić information content (AvgIpc) is 2.56. The minimum absolute atomic E-state index is 0. The zero-order valence-corrected chi connectivity index (χ0v) is 13.9. The lowest BCUT2D eigenvalue weighted by Gasteiger charge is -2.02. The third-order valence-electron chi connectivity index (χ3n) is 3.72. The minimum Gasteiger partial charge on any atom is -1.00 e. The van der Waals surface area contributed by atoms with Crippen molar-refractivity contribution in [2.24, 2.45) is 0 Å². The Kier molecular flexibility index (Phi) is 6.13. The molecule has 0 radical (unpaired) electrons. The number of aromatic nitrogens is 1. The van der Waals surface area contributed by atoms with Crippen LogP contribution < -0.4 is 17.0 Å². The lowest BCUT2D eigenvalue weighted by molar-refractivity contribution is -0.688. The van der Waals surface area contributed by atoms with Gasteiger partial charge in [-0.15, -0.1) is 0 Å². The SMILES string of the molecule is Cc1c[n+](Cc2ccccc2)ccc1/C=C/c1ccccc1.[Cl-]. The third-order valence-corrected chi connectivity index (χ3v) is 3.72. The van der Waals surface area contributed by atoms with E-state index in [2.05, 4.69) is 96.7 Å². The Morgan fingerprint density at radius 2 is 1.48 bits per heavy atom. The molecule has 1 heterocycles. The predicted octanol–water partition coefficient (Wildman–Crippen LogP) is 1.51. The first-order valence-corrected chi connectivity index (χ1v) is 7.58. The van der Waals surface area contributed by atoms with Gasteiger partial charge in [-0.1, -0.05) is 72.8 Å². The first-order chi connectivity index (χ1) is 10.8. The number of hydrogen-bond donors (Lipinski definition) is 0. The summed E-state index contributed by atoms with van der Waals surface area (Å²) in [6.07, 6.45) is 8.68. The summed E-state index contributed by atoms with van der Waals surface area (Å²) in [5, 5.41) is 0. The number of aryl methyl sites for hydroxylation is 1. The molecule has 3 rings (SSSR count). The zero-order chi connectivity index (χ0) is 15.2. The Hall–Kier alpha value is -2.38. The van der Waals surface area contributed by atoms with Crippen LogP contribution in [0.3, 0.4) is 0 Å². The van der Waals surface area contributed by atoms with Crippen LogP contribution >= 0.6 is 0 Å². The van der Waals surface area contributed by atoms with Gasteiger partial charge >= 0.3 is 0 Å². The van der Waals surface area contributed by atoms with Gasteiger partial charge in [-0.25, -0.2) is 4.57 Å². The molecule has 0 aliphatic carbocycles. The maximum absolute atomic E-state index is 2.23. The second-order valence-electron chi connectivity index (χ2n) is 5.49. The molecule has 0 bridgehead atoms. The van der Waals surface area contributed by atoms with Crippen LogP contribution in [0.15, 0.2) is 79.1 Å². The Labute approximate surface area is 144 Å². The minimum atomic E-state index is 0. The molecule has 0 N–H and O–H groups in total. The fraction of sp³-hybridized carbons (Fsp3) is 0.0952. The van der Waals surface area contributed by atoms with Gasteiger partial charge in [0.1, 0.15) is 0 Å². The van der Waals surface area contributed by atoms with Gasteiger partial charge < -0.3 is 12.4 Å². The van der Waals surface area contributed by atoms with Crippen LogP contribution in [-0.4, -0.2) is 0 Å². The maximum atomic E-state index is 2.23. The molecule has 1 nitrogen and oxygen atoms in total. The second kappa shape index (κ2) is 8.30. The topological polar surface area (TPSA) is 3.88 Å². The molecule has 0 amide bonds. The quantitative estimate of drug-likeness (QED) is 0.641. The van der Waals surface area contributed by atoms with Gasteiger partial charge in [0.2, 0.25) is 0 Å². The van der Waals surface area contributed by atoms with Crippen molar-refractivity contribution in [3.05, 3.63) is 101 Å². The number of hydrogen-bond acceptors (Lipinski definition) is 0. The first kappa shape index (κ1) is 17.0. The van der Waals surface area contributed by atoms with Gasteiger partial charge in [0.05, 0.1) is 0 Å². The summed E-state index contributed by atoms with van der Waals surface area (Å²) in [7, 11) is 0. The first-order valence-electron chi connectivity index (χ1n) is 7.58. The van der Waals surface area contributed by atoms with Crippen molar-refractivity contribution >= 4 is 12.2 Å². The number of pyridine rings is 1. The van der Waals surface area contributed by atoms with Crippen LogP contribution in [0.5, 0.6) is 0 Å². The molecule has 0 spiro atoms. The Bertz CT molecular complexity index is 764. The highest BCUT2D eigenvalue weighted by atomic mass is 35.5. The molecule has 0 atom stereocenters. The molecule has 2 heteroatoms. The second-order valence-corrected chi connectivity index (χ2v) is 5.49. The Balaban J connectivity index is 0.00000192. The Morgan fingerprint density at radius 3 is 2.13 bits per heavy atom. The molecular formula is C21H20ClN. The fourth-order valence-corrected chi connectivity index (χ4v) is 2.50. The third kappa shape index (κ3) is 4.80. The maximum Gasteiger partial charge on any atom is 0.173 e. The summed E-state index contributed by atoms with van der Waals surface area (Å²) < 4.78 is 2.23. The molecule has 0 saturated carbocycles. The normalized spacial score (nSPS) is 10.5. The van der Waals surface area contributed by atoms with Gasteiger partial charge in [-0.05, 0) is 18.1 Å². The van der Waals surface area contributed by atoms with Gasteiger partial charge in [0.25, 0.3) is 0 Å². The van der Waals surface area contributed by atoms with E-state index in [4.69, 9.17) is 0 Å².